The molecule has 1 rings (SSSR count). The second-order valence-electron chi connectivity index (χ2n) is 5.86. The van der Waals surface area contributed by atoms with Gasteiger partial charge in [-0.1, -0.05) is 50.6 Å². The van der Waals surface area contributed by atoms with E-state index in [9.17, 15) is 0 Å². The van der Waals surface area contributed by atoms with Crippen molar-refractivity contribution < 1.29 is 0 Å². The van der Waals surface area contributed by atoms with E-state index in [1.54, 1.807) is 0 Å². The minimum atomic E-state index is 0.205. The number of benzene rings is 1. The minimum absolute atomic E-state index is 0.205. The van der Waals surface area contributed by atoms with Crippen LogP contribution in [-0.2, 0) is 0 Å². The lowest BCUT2D eigenvalue weighted by Crippen LogP contribution is -2.22. The van der Waals surface area contributed by atoms with Crippen molar-refractivity contribution in [3.8, 4) is 0 Å². The fraction of sp³-hybridized carbons (Fsp3) is 0.526. The molecule has 0 aromatic heterocycles. The average Bonchev–Trinajstić information content (AvgIpc) is 2.53. The molecule has 2 unspecified atom stereocenters. The van der Waals surface area contributed by atoms with E-state index in [-0.39, 0.29) is 6.04 Å². The lowest BCUT2D eigenvalue weighted by Gasteiger charge is -2.14. The molecule has 0 saturated carbocycles. The summed E-state index contributed by atoms with van der Waals surface area (Å²) in [5.74, 6) is 0.699. The molecule has 0 spiro atoms. The van der Waals surface area contributed by atoms with Crippen molar-refractivity contribution in [2.45, 2.75) is 46.1 Å². The summed E-state index contributed by atoms with van der Waals surface area (Å²) in [4.78, 5) is 4.65. The van der Waals surface area contributed by atoms with Crippen LogP contribution in [0.3, 0.4) is 0 Å². The molecule has 0 heterocycles. The van der Waals surface area contributed by atoms with Gasteiger partial charge in [0.1, 0.15) is 0 Å². The number of rotatable bonds is 10. The average molecular weight is 301 g/mol. The molecule has 22 heavy (non-hydrogen) atoms. The van der Waals surface area contributed by atoms with Crippen LogP contribution in [0.5, 0.6) is 0 Å². The first-order valence-electron chi connectivity index (χ1n) is 8.34. The van der Waals surface area contributed by atoms with Gasteiger partial charge in [0, 0.05) is 38.1 Å². The van der Waals surface area contributed by atoms with E-state index in [2.05, 4.69) is 60.7 Å². The Morgan fingerprint density at radius 3 is 2.59 bits per heavy atom. The molecule has 0 fully saturated rings. The highest BCUT2D eigenvalue weighted by Crippen LogP contribution is 2.15. The molecule has 2 N–H and O–H groups in total. The van der Waals surface area contributed by atoms with E-state index in [0.717, 1.165) is 13.0 Å². The maximum Gasteiger partial charge on any atom is 0.0717 e. The Hall–Kier alpha value is -1.77. The van der Waals surface area contributed by atoms with Crippen LogP contribution in [0.1, 0.15) is 51.6 Å². The van der Waals surface area contributed by atoms with E-state index < -0.39 is 0 Å². The zero-order valence-corrected chi connectivity index (χ0v) is 14.5. The third kappa shape index (κ3) is 7.30. The molecule has 0 aliphatic rings. The highest BCUT2D eigenvalue weighted by atomic mass is 14.9. The van der Waals surface area contributed by atoms with Gasteiger partial charge in [0.05, 0.1) is 6.04 Å². The summed E-state index contributed by atoms with van der Waals surface area (Å²) in [6.45, 7) is 7.67. The maximum absolute atomic E-state index is 4.65. The molecule has 0 saturated heterocycles. The molecular weight excluding hydrogens is 270 g/mol. The van der Waals surface area contributed by atoms with E-state index in [0.29, 0.717) is 5.92 Å². The van der Waals surface area contributed by atoms with Crippen LogP contribution in [0.2, 0.25) is 0 Å². The van der Waals surface area contributed by atoms with E-state index in [1.807, 2.05) is 25.5 Å². The second-order valence-corrected chi connectivity index (χ2v) is 5.86. The first-order chi connectivity index (χ1) is 10.7. The van der Waals surface area contributed by atoms with Crippen LogP contribution in [0.25, 0.3) is 0 Å². The van der Waals surface area contributed by atoms with Gasteiger partial charge in [0.15, 0.2) is 0 Å². The predicted molar refractivity (Wildman–Crippen MR) is 97.2 cm³/mol. The van der Waals surface area contributed by atoms with Crippen molar-refractivity contribution in [3.05, 3.63) is 47.8 Å². The van der Waals surface area contributed by atoms with Crippen LogP contribution in [0, 0.1) is 5.92 Å². The molecule has 1 aromatic rings. The highest BCUT2D eigenvalue weighted by Gasteiger charge is 2.03. The van der Waals surface area contributed by atoms with Crippen LogP contribution in [0.15, 0.2) is 47.2 Å². The van der Waals surface area contributed by atoms with Crippen LogP contribution in [-0.4, -0.2) is 19.8 Å². The van der Waals surface area contributed by atoms with Gasteiger partial charge < -0.3 is 10.6 Å². The van der Waals surface area contributed by atoms with Crippen LogP contribution >= 0.6 is 0 Å². The molecule has 0 radical (unpaired) electrons. The Balaban J connectivity index is 2.47. The Morgan fingerprint density at radius 2 is 1.95 bits per heavy atom. The van der Waals surface area contributed by atoms with Gasteiger partial charge in [-0.25, -0.2) is 0 Å². The van der Waals surface area contributed by atoms with Crippen molar-refractivity contribution in [2.75, 3.05) is 13.6 Å². The topological polar surface area (TPSA) is 36.4 Å². The quantitative estimate of drug-likeness (QED) is 0.632. The zero-order chi connectivity index (χ0) is 16.2. The SMILES string of the molecule is CCCC(C)CN/C(=C/NC)CC=NC(C)c1ccccc1. The highest BCUT2D eigenvalue weighted by molar-refractivity contribution is 5.61. The number of nitrogens with zero attached hydrogens (tertiary/aromatic N) is 1. The smallest absolute Gasteiger partial charge is 0.0717 e. The zero-order valence-electron chi connectivity index (χ0n) is 14.5. The standard InChI is InChI=1S/C19H31N3/c1-5-9-16(2)14-22-19(15-20-4)12-13-21-17(3)18-10-7-6-8-11-18/h6-8,10-11,13,15-17,20,22H,5,9,12,14H2,1-4H3/b19-15+,21-13?. The summed E-state index contributed by atoms with van der Waals surface area (Å²) in [5.41, 5.74) is 2.44. The number of hydrogen-bond acceptors (Lipinski definition) is 3. The fourth-order valence-corrected chi connectivity index (χ4v) is 2.38. The Morgan fingerprint density at radius 1 is 1.23 bits per heavy atom. The molecule has 0 bridgehead atoms. The fourth-order valence-electron chi connectivity index (χ4n) is 2.38. The molecule has 0 aliphatic heterocycles. The van der Waals surface area contributed by atoms with Crippen LogP contribution < -0.4 is 10.6 Å². The summed E-state index contributed by atoms with van der Waals surface area (Å²) in [6.07, 6.45) is 7.37. The summed E-state index contributed by atoms with van der Waals surface area (Å²) >= 11 is 0. The van der Waals surface area contributed by atoms with E-state index in [1.165, 1.54) is 24.1 Å². The summed E-state index contributed by atoms with van der Waals surface area (Å²) < 4.78 is 0. The lowest BCUT2D eigenvalue weighted by molar-refractivity contribution is 0.497. The second kappa shape index (κ2) is 10.9. The molecule has 3 heteroatoms. The first-order valence-corrected chi connectivity index (χ1v) is 8.34. The third-order valence-electron chi connectivity index (χ3n) is 3.70. The number of hydrogen-bond donors (Lipinski definition) is 2. The third-order valence-corrected chi connectivity index (χ3v) is 3.70. The van der Waals surface area contributed by atoms with Crippen molar-refractivity contribution in [1.82, 2.24) is 10.6 Å². The summed E-state index contributed by atoms with van der Waals surface area (Å²) in [6, 6.07) is 10.6. The first kappa shape index (κ1) is 18.3. The van der Waals surface area contributed by atoms with E-state index in [4.69, 9.17) is 0 Å². The summed E-state index contributed by atoms with van der Waals surface area (Å²) in [7, 11) is 1.93. The van der Waals surface area contributed by atoms with Gasteiger partial charge in [-0.2, -0.15) is 0 Å². The summed E-state index contributed by atoms with van der Waals surface area (Å²) in [5, 5.41) is 6.63. The van der Waals surface area contributed by atoms with Gasteiger partial charge >= 0.3 is 0 Å². The predicted octanol–water partition coefficient (Wildman–Crippen LogP) is 4.30. The van der Waals surface area contributed by atoms with Gasteiger partial charge in [-0.05, 0) is 24.8 Å². The number of aliphatic imine (C=N–C) groups is 1. The molecule has 2 atom stereocenters. The molecular formula is C19H31N3. The van der Waals surface area contributed by atoms with Gasteiger partial charge in [0.25, 0.3) is 0 Å². The van der Waals surface area contributed by atoms with Crippen molar-refractivity contribution in [2.24, 2.45) is 10.9 Å². The monoisotopic (exact) mass is 301 g/mol. The lowest BCUT2D eigenvalue weighted by atomic mass is 10.1. The van der Waals surface area contributed by atoms with Crippen LogP contribution in [0.4, 0.5) is 0 Å². The minimum Gasteiger partial charge on any atom is -0.393 e. The Labute approximate surface area is 135 Å². The number of nitrogens with one attached hydrogen (secondary N) is 2. The van der Waals surface area contributed by atoms with Gasteiger partial charge in [-0.15, -0.1) is 0 Å². The molecule has 1 aromatic carbocycles. The van der Waals surface area contributed by atoms with Gasteiger partial charge in [0.2, 0.25) is 0 Å². The molecule has 3 nitrogen and oxygen atoms in total. The van der Waals surface area contributed by atoms with Crippen molar-refractivity contribution >= 4 is 6.21 Å². The Bertz CT molecular complexity index is 451. The maximum atomic E-state index is 4.65. The normalized spacial score (nSPS) is 14.8. The van der Waals surface area contributed by atoms with E-state index >= 15 is 0 Å². The molecule has 0 aliphatic carbocycles. The molecule has 122 valence electrons. The van der Waals surface area contributed by atoms with Crippen molar-refractivity contribution in [1.29, 1.82) is 0 Å². The number of allylic oxidation sites excluding steroid dienone is 1. The largest absolute Gasteiger partial charge is 0.393 e. The van der Waals surface area contributed by atoms with Crippen molar-refractivity contribution in [3.63, 3.8) is 0 Å². The molecule has 0 amide bonds. The Kier molecular flexibility index (Phi) is 9.04. The van der Waals surface area contributed by atoms with Gasteiger partial charge in [-0.3, -0.25) is 4.99 Å².